The van der Waals surface area contributed by atoms with Crippen molar-refractivity contribution in [3.8, 4) is 0 Å². The van der Waals surface area contributed by atoms with Gasteiger partial charge in [-0.25, -0.2) is 4.39 Å². The standard InChI is InChI=1S/C13H19FO/c1-3-5-9-13(15,4-2)11-7-6-8-12(14)10-11/h6-8,10,15H,3-5,9H2,1-2H3. The molecule has 0 spiro atoms. The van der Waals surface area contributed by atoms with Crippen LogP contribution in [0.2, 0.25) is 0 Å². The number of unbranched alkanes of at least 4 members (excludes halogenated alkanes) is 1. The van der Waals surface area contributed by atoms with E-state index in [1.54, 1.807) is 12.1 Å². The fraction of sp³-hybridized carbons (Fsp3) is 0.538. The van der Waals surface area contributed by atoms with Crippen molar-refractivity contribution in [3.05, 3.63) is 35.6 Å². The lowest BCUT2D eigenvalue weighted by molar-refractivity contribution is 0.0209. The number of benzene rings is 1. The van der Waals surface area contributed by atoms with Gasteiger partial charge >= 0.3 is 0 Å². The van der Waals surface area contributed by atoms with Crippen molar-refractivity contribution in [2.24, 2.45) is 0 Å². The number of rotatable bonds is 5. The molecule has 0 bridgehead atoms. The van der Waals surface area contributed by atoms with Crippen LogP contribution in [-0.4, -0.2) is 5.11 Å². The molecule has 0 heterocycles. The Morgan fingerprint density at radius 1 is 1.33 bits per heavy atom. The molecule has 0 aliphatic rings. The van der Waals surface area contributed by atoms with Gasteiger partial charge in [-0.1, -0.05) is 38.8 Å². The first kappa shape index (κ1) is 12.2. The molecule has 0 aliphatic carbocycles. The summed E-state index contributed by atoms with van der Waals surface area (Å²) in [5, 5.41) is 10.4. The van der Waals surface area contributed by atoms with Crippen molar-refractivity contribution in [2.45, 2.75) is 45.1 Å². The summed E-state index contributed by atoms with van der Waals surface area (Å²) in [5.41, 5.74) is -0.170. The van der Waals surface area contributed by atoms with E-state index in [0.717, 1.165) is 12.8 Å². The highest BCUT2D eigenvalue weighted by Crippen LogP contribution is 2.30. The van der Waals surface area contributed by atoms with Gasteiger partial charge in [-0.05, 0) is 30.5 Å². The molecule has 0 fully saturated rings. The maximum absolute atomic E-state index is 13.0. The highest BCUT2D eigenvalue weighted by Gasteiger charge is 2.26. The minimum Gasteiger partial charge on any atom is -0.385 e. The van der Waals surface area contributed by atoms with E-state index in [1.165, 1.54) is 12.1 Å². The van der Waals surface area contributed by atoms with Gasteiger partial charge in [0.05, 0.1) is 5.60 Å². The van der Waals surface area contributed by atoms with Crippen LogP contribution in [0.1, 0.15) is 45.1 Å². The fourth-order valence-corrected chi connectivity index (χ4v) is 1.77. The second-order valence-corrected chi connectivity index (χ2v) is 4.00. The second kappa shape index (κ2) is 5.26. The summed E-state index contributed by atoms with van der Waals surface area (Å²) < 4.78 is 13.0. The Morgan fingerprint density at radius 3 is 2.60 bits per heavy atom. The molecule has 0 amide bonds. The third kappa shape index (κ3) is 3.03. The maximum Gasteiger partial charge on any atom is 0.123 e. The molecule has 15 heavy (non-hydrogen) atoms. The van der Waals surface area contributed by atoms with Crippen molar-refractivity contribution >= 4 is 0 Å². The Morgan fingerprint density at radius 2 is 2.07 bits per heavy atom. The Balaban J connectivity index is 2.89. The average Bonchev–Trinajstić information content (AvgIpc) is 2.26. The Kier molecular flexibility index (Phi) is 4.28. The normalized spacial score (nSPS) is 14.9. The van der Waals surface area contributed by atoms with Gasteiger partial charge in [0, 0.05) is 0 Å². The summed E-state index contributed by atoms with van der Waals surface area (Å²) >= 11 is 0. The molecule has 0 aromatic heterocycles. The first-order valence-corrected chi connectivity index (χ1v) is 5.61. The first-order chi connectivity index (χ1) is 7.12. The third-order valence-corrected chi connectivity index (χ3v) is 2.89. The Hall–Kier alpha value is -0.890. The molecule has 1 unspecified atom stereocenters. The minimum absolute atomic E-state index is 0.282. The molecular weight excluding hydrogens is 191 g/mol. The van der Waals surface area contributed by atoms with Crippen LogP contribution in [0.5, 0.6) is 0 Å². The molecule has 2 heteroatoms. The first-order valence-electron chi connectivity index (χ1n) is 5.61. The van der Waals surface area contributed by atoms with Crippen LogP contribution in [0.4, 0.5) is 4.39 Å². The molecule has 84 valence electrons. The maximum atomic E-state index is 13.0. The van der Waals surface area contributed by atoms with Gasteiger partial charge in [0.2, 0.25) is 0 Å². The molecular formula is C13H19FO. The third-order valence-electron chi connectivity index (χ3n) is 2.89. The van der Waals surface area contributed by atoms with Crippen molar-refractivity contribution in [1.29, 1.82) is 0 Å². The van der Waals surface area contributed by atoms with Gasteiger partial charge < -0.3 is 5.11 Å². The van der Waals surface area contributed by atoms with Crippen molar-refractivity contribution in [2.75, 3.05) is 0 Å². The molecule has 1 nitrogen and oxygen atoms in total. The number of hydrogen-bond acceptors (Lipinski definition) is 1. The summed E-state index contributed by atoms with van der Waals surface area (Å²) in [6.07, 6.45) is 3.32. The Bertz CT molecular complexity index is 311. The highest BCUT2D eigenvalue weighted by atomic mass is 19.1. The molecule has 0 aliphatic heterocycles. The zero-order valence-corrected chi connectivity index (χ0v) is 9.46. The van der Waals surface area contributed by atoms with Gasteiger partial charge in [-0.3, -0.25) is 0 Å². The lowest BCUT2D eigenvalue weighted by atomic mass is 9.86. The van der Waals surface area contributed by atoms with E-state index in [9.17, 15) is 9.50 Å². The van der Waals surface area contributed by atoms with Gasteiger partial charge in [0.25, 0.3) is 0 Å². The molecule has 1 atom stereocenters. The van der Waals surface area contributed by atoms with E-state index in [-0.39, 0.29) is 5.82 Å². The monoisotopic (exact) mass is 210 g/mol. The van der Waals surface area contributed by atoms with Crippen LogP contribution in [-0.2, 0) is 5.60 Å². The van der Waals surface area contributed by atoms with Crippen LogP contribution >= 0.6 is 0 Å². The van der Waals surface area contributed by atoms with Crippen LogP contribution in [0, 0.1) is 5.82 Å². The number of aliphatic hydroxyl groups is 1. The summed E-state index contributed by atoms with van der Waals surface area (Å²) in [7, 11) is 0. The second-order valence-electron chi connectivity index (χ2n) is 4.00. The van der Waals surface area contributed by atoms with Gasteiger partial charge in [0.1, 0.15) is 5.82 Å². The smallest absolute Gasteiger partial charge is 0.123 e. The van der Waals surface area contributed by atoms with Gasteiger partial charge in [0.15, 0.2) is 0 Å². The highest BCUT2D eigenvalue weighted by molar-refractivity contribution is 5.23. The van der Waals surface area contributed by atoms with Crippen LogP contribution in [0.3, 0.4) is 0 Å². The average molecular weight is 210 g/mol. The quantitative estimate of drug-likeness (QED) is 0.787. The van der Waals surface area contributed by atoms with Gasteiger partial charge in [-0.15, -0.1) is 0 Å². The van der Waals surface area contributed by atoms with Crippen molar-refractivity contribution < 1.29 is 9.50 Å². The van der Waals surface area contributed by atoms with Gasteiger partial charge in [-0.2, -0.15) is 0 Å². The zero-order valence-electron chi connectivity index (χ0n) is 9.46. The van der Waals surface area contributed by atoms with E-state index in [1.807, 2.05) is 6.92 Å². The zero-order chi connectivity index (χ0) is 11.3. The summed E-state index contributed by atoms with van der Waals surface area (Å²) in [6, 6.07) is 6.28. The predicted octanol–water partition coefficient (Wildman–Crippen LogP) is 3.61. The largest absolute Gasteiger partial charge is 0.385 e. The van der Waals surface area contributed by atoms with E-state index in [4.69, 9.17) is 0 Å². The summed E-state index contributed by atoms with van der Waals surface area (Å²) in [4.78, 5) is 0. The summed E-state index contributed by atoms with van der Waals surface area (Å²) in [6.45, 7) is 4.02. The Labute approximate surface area is 90.9 Å². The van der Waals surface area contributed by atoms with Crippen molar-refractivity contribution in [1.82, 2.24) is 0 Å². The SMILES string of the molecule is CCCCC(O)(CC)c1cccc(F)c1. The molecule has 1 rings (SSSR count). The lowest BCUT2D eigenvalue weighted by Crippen LogP contribution is -2.24. The van der Waals surface area contributed by atoms with E-state index >= 15 is 0 Å². The molecule has 0 radical (unpaired) electrons. The molecule has 1 aromatic carbocycles. The number of hydrogen-bond donors (Lipinski definition) is 1. The van der Waals surface area contributed by atoms with Crippen LogP contribution < -0.4 is 0 Å². The van der Waals surface area contributed by atoms with Crippen LogP contribution in [0.15, 0.2) is 24.3 Å². The molecule has 0 saturated heterocycles. The van der Waals surface area contributed by atoms with Crippen LogP contribution in [0.25, 0.3) is 0 Å². The topological polar surface area (TPSA) is 20.2 Å². The fourth-order valence-electron chi connectivity index (χ4n) is 1.77. The molecule has 1 aromatic rings. The molecule has 1 N–H and O–H groups in total. The number of halogens is 1. The molecule has 0 saturated carbocycles. The summed E-state index contributed by atoms with van der Waals surface area (Å²) in [5.74, 6) is -0.282. The van der Waals surface area contributed by atoms with Crippen molar-refractivity contribution in [3.63, 3.8) is 0 Å². The van der Waals surface area contributed by atoms with E-state index in [0.29, 0.717) is 18.4 Å². The van der Waals surface area contributed by atoms with E-state index in [2.05, 4.69) is 6.92 Å². The van der Waals surface area contributed by atoms with E-state index < -0.39 is 5.60 Å². The lowest BCUT2D eigenvalue weighted by Gasteiger charge is -2.27. The minimum atomic E-state index is -0.863. The predicted molar refractivity (Wildman–Crippen MR) is 60.1 cm³/mol.